The van der Waals surface area contributed by atoms with Crippen LogP contribution >= 0.6 is 58.2 Å². The molecule has 0 atom stereocenters. The predicted molar refractivity (Wildman–Crippen MR) is 77.6 cm³/mol. The summed E-state index contributed by atoms with van der Waals surface area (Å²) < 4.78 is 5.29. The van der Waals surface area contributed by atoms with Gasteiger partial charge in [-0.1, -0.05) is 5.92 Å². The zero-order valence-electron chi connectivity index (χ0n) is 6.41. The van der Waals surface area contributed by atoms with Gasteiger partial charge >= 0.3 is 0 Å². The van der Waals surface area contributed by atoms with E-state index in [4.69, 9.17) is 10.6 Å². The van der Waals surface area contributed by atoms with E-state index in [1.54, 1.807) is 0 Å². The van der Waals surface area contributed by atoms with Gasteiger partial charge in [0.15, 0.2) is 0 Å². The van der Waals surface area contributed by atoms with Crippen molar-refractivity contribution in [2.75, 3.05) is 0 Å². The Kier molecular flexibility index (Phi) is 5.79. The van der Waals surface area contributed by atoms with Crippen molar-refractivity contribution in [3.63, 3.8) is 0 Å². The minimum absolute atomic E-state index is 0.141. The van der Waals surface area contributed by atoms with Gasteiger partial charge < -0.3 is 4.18 Å². The average molecular weight is 434 g/mol. The lowest BCUT2D eigenvalue weighted by atomic mass is 10.2. The molecule has 0 spiro atoms. The van der Waals surface area contributed by atoms with Crippen molar-refractivity contribution >= 4 is 58.2 Å². The van der Waals surface area contributed by atoms with Crippen LogP contribution in [-0.4, -0.2) is 0 Å². The van der Waals surface area contributed by atoms with Gasteiger partial charge in [-0.25, -0.2) is 0 Å². The molecule has 0 amide bonds. The predicted octanol–water partition coefficient (Wildman–Crippen LogP) is 4.79. The minimum Gasteiger partial charge on any atom is -0.420 e. The van der Waals surface area contributed by atoms with Gasteiger partial charge in [0.05, 0.1) is 0 Å². The van der Waals surface area contributed by atoms with Crippen molar-refractivity contribution in [1.82, 2.24) is 0 Å². The molecule has 0 aromatic heterocycles. The van der Waals surface area contributed by atoms with Gasteiger partial charge in [-0.2, -0.15) is 0 Å². The summed E-state index contributed by atoms with van der Waals surface area (Å²) in [7, 11) is 0. The van der Waals surface area contributed by atoms with E-state index in [1.165, 1.54) is 11.7 Å². The third-order valence-electron chi connectivity index (χ3n) is 1.21. The lowest BCUT2D eigenvalue weighted by Crippen LogP contribution is -1.78. The zero-order chi connectivity index (χ0) is 9.68. The second-order valence-electron chi connectivity index (χ2n) is 2.03. The number of hydrogen-bond donors (Lipinski definition) is 0. The number of hydrogen-bond acceptors (Lipinski definition) is 2. The van der Waals surface area contributed by atoms with Crippen LogP contribution in [0.1, 0.15) is 5.56 Å². The van der Waals surface area contributed by atoms with Gasteiger partial charge in [0, 0.05) is 5.56 Å². The van der Waals surface area contributed by atoms with Crippen LogP contribution in [0.2, 0.25) is 0 Å². The fraction of sp³-hybridized carbons (Fsp3) is 0. The third kappa shape index (κ3) is 4.73. The maximum absolute atomic E-state index is 5.43. The molecule has 0 fully saturated rings. The Hall–Kier alpha value is 0.820. The Bertz CT molecular complexity index is 307. The first kappa shape index (κ1) is 11.9. The van der Waals surface area contributed by atoms with Gasteiger partial charge in [0.2, 0.25) is 0 Å². The highest BCUT2D eigenvalue weighted by Crippen LogP contribution is 2.64. The van der Waals surface area contributed by atoms with Crippen LogP contribution in [0.5, 0.6) is 5.75 Å². The van der Waals surface area contributed by atoms with E-state index in [0.717, 1.165) is 11.3 Å². The average Bonchev–Trinajstić information content (AvgIpc) is 2.15. The van der Waals surface area contributed by atoms with Gasteiger partial charge in [-0.15, -0.1) is 6.42 Å². The van der Waals surface area contributed by atoms with Gasteiger partial charge in [0.1, 0.15) is 19.8 Å². The molecule has 0 unspecified atom stereocenters. The lowest BCUT2D eigenvalue weighted by Gasteiger charge is -2.03. The maximum Gasteiger partial charge on any atom is 0.138 e. The molecule has 0 saturated carbocycles. The van der Waals surface area contributed by atoms with Crippen LogP contribution in [0.15, 0.2) is 24.3 Å². The molecule has 0 bridgehead atoms. The Morgan fingerprint density at radius 2 is 1.92 bits per heavy atom. The first-order valence-corrected chi connectivity index (χ1v) is 11.5. The Balaban J connectivity index is 2.55. The van der Waals surface area contributed by atoms with Crippen LogP contribution in [-0.2, 0) is 0 Å². The number of terminal acetylenes is 1. The van der Waals surface area contributed by atoms with Crippen molar-refractivity contribution in [3.8, 4) is 18.1 Å². The number of rotatable bonds is 3. The van der Waals surface area contributed by atoms with E-state index in [2.05, 4.69) is 50.0 Å². The molecule has 0 aliphatic carbocycles. The fourth-order valence-corrected chi connectivity index (χ4v) is 2.81. The van der Waals surface area contributed by atoms with Crippen LogP contribution in [0.4, 0.5) is 0 Å². The smallest absolute Gasteiger partial charge is 0.138 e. The molecule has 1 aromatic rings. The molecule has 1 aromatic carbocycles. The van der Waals surface area contributed by atoms with E-state index in [9.17, 15) is 0 Å². The number of halogens is 2. The summed E-state index contributed by atoms with van der Waals surface area (Å²) in [6.07, 6.45) is 5.23. The molecule has 1 rings (SSSR count). The molecule has 1 nitrogen and oxygen atoms in total. The summed E-state index contributed by atoms with van der Waals surface area (Å²) in [4.78, 5) is 0. The SMILES string of the molecule is C#Cc1ccc(OSP(I)I)cc1. The normalized spacial score (nSPS) is 9.69. The minimum atomic E-state index is -0.141. The van der Waals surface area contributed by atoms with Crippen LogP contribution in [0, 0.1) is 12.3 Å². The van der Waals surface area contributed by atoms with Crippen LogP contribution in [0.25, 0.3) is 0 Å². The van der Waals surface area contributed by atoms with Crippen molar-refractivity contribution in [2.45, 2.75) is 0 Å². The summed E-state index contributed by atoms with van der Waals surface area (Å²) in [5.41, 5.74) is 0.878. The highest BCUT2D eigenvalue weighted by atomic mass is 127. The first-order chi connectivity index (χ1) is 6.22. The monoisotopic (exact) mass is 434 g/mol. The Labute approximate surface area is 109 Å². The topological polar surface area (TPSA) is 9.23 Å². The molecule has 0 radical (unpaired) electrons. The quantitative estimate of drug-likeness (QED) is 0.293. The highest BCUT2D eigenvalue weighted by Gasteiger charge is 2.00. The molecule has 0 N–H and O–H groups in total. The summed E-state index contributed by atoms with van der Waals surface area (Å²) in [6, 6.07) is 7.51. The largest absolute Gasteiger partial charge is 0.420 e. The molecule has 5 heteroatoms. The second-order valence-corrected chi connectivity index (χ2v) is 19.5. The first-order valence-electron chi connectivity index (χ1n) is 3.25. The van der Waals surface area contributed by atoms with E-state index in [1.807, 2.05) is 24.3 Å². The molecule has 68 valence electrons. The molecule has 0 saturated heterocycles. The van der Waals surface area contributed by atoms with Gasteiger partial charge in [-0.3, -0.25) is 0 Å². The molecule has 0 aliphatic rings. The maximum atomic E-state index is 5.43. The van der Waals surface area contributed by atoms with E-state index >= 15 is 0 Å². The van der Waals surface area contributed by atoms with Crippen molar-refractivity contribution < 1.29 is 4.18 Å². The van der Waals surface area contributed by atoms with Crippen molar-refractivity contribution in [3.05, 3.63) is 29.8 Å². The van der Waals surface area contributed by atoms with E-state index < -0.39 is 0 Å². The Morgan fingerprint density at radius 1 is 1.31 bits per heavy atom. The van der Waals surface area contributed by atoms with E-state index in [-0.39, 0.29) is 2.41 Å². The standard InChI is InChI=1S/C8H5I2OPS/c1-2-7-3-5-8(6-4-7)11-13-12(9)10/h1,3-6H. The van der Waals surface area contributed by atoms with Gasteiger partial charge in [0.25, 0.3) is 0 Å². The second kappa shape index (κ2) is 6.33. The molecular formula is C8H5I2OPS. The molecular weight excluding hydrogens is 429 g/mol. The van der Waals surface area contributed by atoms with Crippen LogP contribution in [0.3, 0.4) is 0 Å². The third-order valence-corrected chi connectivity index (χ3v) is 5.05. The fourth-order valence-electron chi connectivity index (χ4n) is 0.678. The molecule has 0 heterocycles. The van der Waals surface area contributed by atoms with Gasteiger partial charge in [-0.05, 0) is 68.3 Å². The molecule has 13 heavy (non-hydrogen) atoms. The van der Waals surface area contributed by atoms with E-state index in [0.29, 0.717) is 0 Å². The summed E-state index contributed by atoms with van der Waals surface area (Å²) in [6.45, 7) is 0. The van der Waals surface area contributed by atoms with Crippen molar-refractivity contribution in [2.24, 2.45) is 0 Å². The summed E-state index contributed by atoms with van der Waals surface area (Å²) >= 11 is 6.17. The zero-order valence-corrected chi connectivity index (χ0v) is 12.4. The molecule has 0 aliphatic heterocycles. The highest BCUT2D eigenvalue weighted by molar-refractivity contribution is 14.3. The number of benzene rings is 1. The summed E-state index contributed by atoms with van der Waals surface area (Å²) in [5, 5.41) is 0. The lowest BCUT2D eigenvalue weighted by molar-refractivity contribution is 0.656. The van der Waals surface area contributed by atoms with Crippen LogP contribution < -0.4 is 4.18 Å². The Morgan fingerprint density at radius 3 is 2.38 bits per heavy atom. The van der Waals surface area contributed by atoms with Crippen molar-refractivity contribution in [1.29, 1.82) is 0 Å². The summed E-state index contributed by atoms with van der Waals surface area (Å²) in [5.74, 6) is 3.41.